The van der Waals surface area contributed by atoms with Gasteiger partial charge in [-0.3, -0.25) is 10.1 Å². The van der Waals surface area contributed by atoms with E-state index in [1.807, 2.05) is 45.0 Å². The zero-order chi connectivity index (χ0) is 14.4. The van der Waals surface area contributed by atoms with Crippen molar-refractivity contribution in [3.8, 4) is 0 Å². The number of rotatable bonds is 3. The first-order chi connectivity index (χ1) is 8.99. The Hall–Kier alpha value is -2.10. The van der Waals surface area contributed by atoms with Crippen molar-refractivity contribution >= 4 is 17.5 Å². The molecule has 0 heterocycles. The Morgan fingerprint density at radius 1 is 1.21 bits per heavy atom. The average Bonchev–Trinajstić information content (AvgIpc) is 2.39. The normalized spacial score (nSPS) is 11.1. The summed E-state index contributed by atoms with van der Waals surface area (Å²) in [5, 5.41) is 4.66. The third-order valence-electron chi connectivity index (χ3n) is 2.92. The second-order valence-corrected chi connectivity index (χ2v) is 4.36. The van der Waals surface area contributed by atoms with Crippen LogP contribution >= 0.6 is 0 Å². The molecule has 0 fully saturated rings. The fraction of sp³-hybridized carbons (Fsp3) is 0.333. The number of hydrogen-bond donors (Lipinski definition) is 2. The third kappa shape index (κ3) is 3.95. The summed E-state index contributed by atoms with van der Waals surface area (Å²) in [6.07, 6.45) is 2.55. The van der Waals surface area contributed by atoms with Gasteiger partial charge in [-0.25, -0.2) is 4.79 Å². The molecule has 0 radical (unpaired) electrons. The molecule has 4 heteroatoms. The Morgan fingerprint density at radius 2 is 1.89 bits per heavy atom. The molecule has 4 nitrogen and oxygen atoms in total. The number of allylic oxidation sites excluding steroid dienone is 1. The van der Waals surface area contributed by atoms with E-state index in [-0.39, 0.29) is 5.91 Å². The molecule has 0 aliphatic carbocycles. The molecule has 19 heavy (non-hydrogen) atoms. The zero-order valence-corrected chi connectivity index (χ0v) is 11.8. The molecule has 0 saturated heterocycles. The summed E-state index contributed by atoms with van der Waals surface area (Å²) in [4.78, 5) is 23.3. The van der Waals surface area contributed by atoms with E-state index in [4.69, 9.17) is 0 Å². The molecule has 2 N–H and O–H groups in total. The van der Waals surface area contributed by atoms with Crippen LogP contribution in [0.4, 0.5) is 4.79 Å². The lowest BCUT2D eigenvalue weighted by Crippen LogP contribution is -2.37. The van der Waals surface area contributed by atoms with Crippen molar-refractivity contribution < 1.29 is 9.59 Å². The molecule has 0 bridgehead atoms. The van der Waals surface area contributed by atoms with Gasteiger partial charge < -0.3 is 5.32 Å². The van der Waals surface area contributed by atoms with Gasteiger partial charge in [-0.15, -0.1) is 0 Å². The van der Waals surface area contributed by atoms with Crippen molar-refractivity contribution in [1.29, 1.82) is 0 Å². The van der Waals surface area contributed by atoms with E-state index in [0.29, 0.717) is 5.57 Å². The molecule has 0 aromatic heterocycles. The van der Waals surface area contributed by atoms with Crippen LogP contribution in [0.1, 0.15) is 30.0 Å². The standard InChI is InChI=1S/C15H20N2O2/c1-5-6-13(14(18)17-15(19)16-4)12-8-7-10(2)11(3)9-12/h6-9H,5H2,1-4H3,(H2,16,17,18,19)/b13-6+. The number of amides is 3. The number of benzene rings is 1. The molecular formula is C15H20N2O2. The summed E-state index contributed by atoms with van der Waals surface area (Å²) in [6.45, 7) is 5.97. The van der Waals surface area contributed by atoms with Crippen molar-refractivity contribution in [2.24, 2.45) is 0 Å². The van der Waals surface area contributed by atoms with E-state index in [9.17, 15) is 9.59 Å². The molecule has 1 rings (SSSR count). The molecule has 3 amide bonds. The van der Waals surface area contributed by atoms with Gasteiger partial charge >= 0.3 is 6.03 Å². The van der Waals surface area contributed by atoms with Gasteiger partial charge in [-0.2, -0.15) is 0 Å². The van der Waals surface area contributed by atoms with E-state index >= 15 is 0 Å². The molecule has 0 spiro atoms. The predicted octanol–water partition coefficient (Wildman–Crippen LogP) is 2.55. The first-order valence-corrected chi connectivity index (χ1v) is 6.30. The first kappa shape index (κ1) is 15.0. The quantitative estimate of drug-likeness (QED) is 0.821. The van der Waals surface area contributed by atoms with Crippen molar-refractivity contribution in [3.05, 3.63) is 41.0 Å². The third-order valence-corrected chi connectivity index (χ3v) is 2.92. The second-order valence-electron chi connectivity index (χ2n) is 4.36. The van der Waals surface area contributed by atoms with Gasteiger partial charge in [0.05, 0.1) is 0 Å². The maximum absolute atomic E-state index is 12.1. The lowest BCUT2D eigenvalue weighted by atomic mass is 9.99. The Kier molecular flexibility index (Phi) is 5.30. The maximum atomic E-state index is 12.1. The maximum Gasteiger partial charge on any atom is 0.321 e. The van der Waals surface area contributed by atoms with Gasteiger partial charge in [-0.1, -0.05) is 31.2 Å². The van der Waals surface area contributed by atoms with Gasteiger partial charge in [0.2, 0.25) is 0 Å². The minimum Gasteiger partial charge on any atom is -0.341 e. The summed E-state index contributed by atoms with van der Waals surface area (Å²) in [6, 6.07) is 5.32. The molecule has 0 saturated carbocycles. The molecule has 102 valence electrons. The van der Waals surface area contributed by atoms with Crippen LogP contribution in [0.15, 0.2) is 24.3 Å². The summed E-state index contributed by atoms with van der Waals surface area (Å²) < 4.78 is 0. The van der Waals surface area contributed by atoms with Crippen molar-refractivity contribution in [1.82, 2.24) is 10.6 Å². The highest BCUT2D eigenvalue weighted by Crippen LogP contribution is 2.19. The van der Waals surface area contributed by atoms with Crippen molar-refractivity contribution in [2.75, 3.05) is 7.05 Å². The van der Waals surface area contributed by atoms with Crippen LogP contribution in [0.3, 0.4) is 0 Å². The summed E-state index contributed by atoms with van der Waals surface area (Å²) in [5.74, 6) is -0.385. The zero-order valence-electron chi connectivity index (χ0n) is 11.8. The topological polar surface area (TPSA) is 58.2 Å². The van der Waals surface area contributed by atoms with E-state index in [1.165, 1.54) is 12.6 Å². The molecule has 0 atom stereocenters. The molecule has 1 aromatic carbocycles. The van der Waals surface area contributed by atoms with Gasteiger partial charge in [0, 0.05) is 12.6 Å². The number of nitrogens with one attached hydrogen (secondary N) is 2. The van der Waals surface area contributed by atoms with Crippen LogP contribution in [-0.2, 0) is 4.79 Å². The van der Waals surface area contributed by atoms with Gasteiger partial charge in [-0.05, 0) is 37.0 Å². The minimum atomic E-state index is -0.504. The molecular weight excluding hydrogens is 240 g/mol. The van der Waals surface area contributed by atoms with E-state index < -0.39 is 6.03 Å². The Morgan fingerprint density at radius 3 is 2.42 bits per heavy atom. The van der Waals surface area contributed by atoms with E-state index in [0.717, 1.165) is 17.5 Å². The van der Waals surface area contributed by atoms with Gasteiger partial charge in [0.15, 0.2) is 0 Å². The van der Waals surface area contributed by atoms with E-state index in [1.54, 1.807) is 0 Å². The highest BCUT2D eigenvalue weighted by molar-refractivity contribution is 6.23. The van der Waals surface area contributed by atoms with Gasteiger partial charge in [0.25, 0.3) is 5.91 Å². The summed E-state index contributed by atoms with van der Waals surface area (Å²) in [7, 11) is 1.47. The summed E-state index contributed by atoms with van der Waals surface area (Å²) in [5.41, 5.74) is 3.64. The van der Waals surface area contributed by atoms with Crippen LogP contribution in [0, 0.1) is 13.8 Å². The number of hydrogen-bond acceptors (Lipinski definition) is 2. The van der Waals surface area contributed by atoms with E-state index in [2.05, 4.69) is 10.6 Å². The molecule has 0 aliphatic heterocycles. The number of aryl methyl sites for hydroxylation is 2. The fourth-order valence-corrected chi connectivity index (χ4v) is 1.69. The smallest absolute Gasteiger partial charge is 0.321 e. The molecule has 0 aliphatic rings. The molecule has 0 unspecified atom stereocenters. The Balaban J connectivity index is 3.07. The highest BCUT2D eigenvalue weighted by Gasteiger charge is 2.14. The van der Waals surface area contributed by atoms with Gasteiger partial charge in [0.1, 0.15) is 0 Å². The van der Waals surface area contributed by atoms with Crippen LogP contribution in [0.25, 0.3) is 5.57 Å². The van der Waals surface area contributed by atoms with Crippen molar-refractivity contribution in [3.63, 3.8) is 0 Å². The van der Waals surface area contributed by atoms with Crippen LogP contribution in [0.2, 0.25) is 0 Å². The first-order valence-electron chi connectivity index (χ1n) is 6.30. The number of imide groups is 1. The Bertz CT molecular complexity index is 519. The second kappa shape index (κ2) is 6.73. The molecule has 1 aromatic rings. The van der Waals surface area contributed by atoms with Crippen molar-refractivity contribution in [2.45, 2.75) is 27.2 Å². The minimum absolute atomic E-state index is 0.385. The number of urea groups is 1. The largest absolute Gasteiger partial charge is 0.341 e. The Labute approximate surface area is 113 Å². The average molecular weight is 260 g/mol. The SMILES string of the molecule is CC/C=C(/C(=O)NC(=O)NC)c1ccc(C)c(C)c1. The summed E-state index contributed by atoms with van der Waals surface area (Å²) >= 11 is 0. The number of carbonyl (C=O) groups is 2. The van der Waals surface area contributed by atoms with Crippen LogP contribution in [0.5, 0.6) is 0 Å². The lowest BCUT2D eigenvalue weighted by molar-refractivity contribution is -0.114. The lowest BCUT2D eigenvalue weighted by Gasteiger charge is -2.10. The predicted molar refractivity (Wildman–Crippen MR) is 76.8 cm³/mol. The number of carbonyl (C=O) groups excluding carboxylic acids is 2. The van der Waals surface area contributed by atoms with Crippen LogP contribution < -0.4 is 10.6 Å². The van der Waals surface area contributed by atoms with Crippen LogP contribution in [-0.4, -0.2) is 19.0 Å². The highest BCUT2D eigenvalue weighted by atomic mass is 16.2. The fourth-order valence-electron chi connectivity index (χ4n) is 1.69. The monoisotopic (exact) mass is 260 g/mol.